The molecular weight excluding hydrogens is 625 g/mol. The Morgan fingerprint density at radius 1 is 0.708 bits per heavy atom. The number of nitrogens with one attached hydrogen (secondary N) is 1. The summed E-state index contributed by atoms with van der Waals surface area (Å²) in [6.45, 7) is 1.57. The van der Waals surface area contributed by atoms with Crippen LogP contribution in [0.4, 0.5) is 0 Å². The van der Waals surface area contributed by atoms with E-state index >= 15 is 0 Å². The van der Waals surface area contributed by atoms with Crippen LogP contribution in [0.2, 0.25) is 0 Å². The van der Waals surface area contributed by atoms with Gasteiger partial charge >= 0.3 is 13.8 Å². The summed E-state index contributed by atoms with van der Waals surface area (Å²) < 4.78 is 36.7. The summed E-state index contributed by atoms with van der Waals surface area (Å²) in [6, 6.07) is 32.8. The number of hydrogen-bond acceptors (Lipinski definition) is 7. The second-order valence-electron chi connectivity index (χ2n) is 12.3. The van der Waals surface area contributed by atoms with Gasteiger partial charge in [0, 0.05) is 13.3 Å². The van der Waals surface area contributed by atoms with Crippen molar-refractivity contribution in [1.29, 1.82) is 0 Å². The molecule has 1 aliphatic carbocycles. The number of phosphoric acid groups is 1. The molecule has 1 aliphatic rings. The molecule has 0 saturated heterocycles. The molecule has 48 heavy (non-hydrogen) atoms. The van der Waals surface area contributed by atoms with Crippen molar-refractivity contribution in [3.05, 3.63) is 137 Å². The molecule has 0 radical (unpaired) electrons. The van der Waals surface area contributed by atoms with Gasteiger partial charge in [0.05, 0.1) is 13.2 Å². The number of rotatable bonds is 16. The van der Waals surface area contributed by atoms with Gasteiger partial charge in [0.1, 0.15) is 18.4 Å². The number of ether oxygens (including phenoxy) is 1. The number of benzene rings is 4. The van der Waals surface area contributed by atoms with Gasteiger partial charge in [-0.15, -0.1) is 0 Å². The van der Waals surface area contributed by atoms with Crippen LogP contribution < -0.4 is 9.84 Å². The van der Waals surface area contributed by atoms with E-state index in [4.69, 9.17) is 18.3 Å². The highest BCUT2D eigenvalue weighted by Crippen LogP contribution is 2.51. The Hall–Kier alpha value is -4.23. The molecular formula is C39H44NO7P. The molecule has 252 valence electrons. The minimum atomic E-state index is -4.03. The molecule has 0 aromatic heterocycles. The van der Waals surface area contributed by atoms with Crippen LogP contribution >= 0.6 is 7.82 Å². The molecule has 9 heteroatoms. The first-order valence-electron chi connectivity index (χ1n) is 16.6. The molecule has 0 spiro atoms. The average molecular weight is 670 g/mol. The summed E-state index contributed by atoms with van der Waals surface area (Å²) in [5, 5.41) is 2.72. The van der Waals surface area contributed by atoms with Crippen LogP contribution in [0, 0.1) is 5.92 Å². The quantitative estimate of drug-likeness (QED) is 0.0943. The van der Waals surface area contributed by atoms with E-state index in [0.717, 1.165) is 28.7 Å². The predicted molar refractivity (Wildman–Crippen MR) is 185 cm³/mol. The van der Waals surface area contributed by atoms with Gasteiger partial charge in [0.25, 0.3) is 0 Å². The largest absolute Gasteiger partial charge is 0.530 e. The van der Waals surface area contributed by atoms with Gasteiger partial charge in [-0.05, 0) is 52.3 Å². The topological polar surface area (TPSA) is 100 Å². The van der Waals surface area contributed by atoms with E-state index in [1.54, 1.807) is 24.3 Å². The van der Waals surface area contributed by atoms with E-state index in [9.17, 15) is 14.2 Å². The van der Waals surface area contributed by atoms with E-state index in [1.807, 2.05) is 72.8 Å². The molecule has 1 amide bonds. The molecule has 1 N–H and O–H groups in total. The van der Waals surface area contributed by atoms with Crippen molar-refractivity contribution in [1.82, 2.24) is 5.32 Å². The van der Waals surface area contributed by atoms with Crippen molar-refractivity contribution in [2.75, 3.05) is 0 Å². The number of amides is 1. The number of esters is 1. The maximum atomic E-state index is 13.7. The minimum absolute atomic E-state index is 0.0380. The molecule has 4 aromatic rings. The van der Waals surface area contributed by atoms with Gasteiger partial charge < -0.3 is 14.6 Å². The molecule has 0 heterocycles. The first-order chi connectivity index (χ1) is 23.3. The molecule has 8 nitrogen and oxygen atoms in total. The van der Waals surface area contributed by atoms with Crippen LogP contribution in [0.3, 0.4) is 0 Å². The lowest BCUT2D eigenvalue weighted by molar-refractivity contribution is -0.149. The summed E-state index contributed by atoms with van der Waals surface area (Å²) in [6.07, 6.45) is 7.72. The van der Waals surface area contributed by atoms with Crippen molar-refractivity contribution < 1.29 is 32.5 Å². The lowest BCUT2D eigenvalue weighted by atomic mass is 9.85. The van der Waals surface area contributed by atoms with Gasteiger partial charge in [-0.2, -0.15) is 0 Å². The Bertz CT molecular complexity index is 1590. The lowest BCUT2D eigenvalue weighted by Crippen LogP contribution is -2.42. The summed E-state index contributed by atoms with van der Waals surface area (Å²) in [4.78, 5) is 25.2. The highest BCUT2D eigenvalue weighted by molar-refractivity contribution is 7.48. The first kappa shape index (κ1) is 35.1. The maximum absolute atomic E-state index is 13.7. The van der Waals surface area contributed by atoms with Crippen molar-refractivity contribution in [3.63, 3.8) is 0 Å². The van der Waals surface area contributed by atoms with E-state index in [2.05, 4.69) is 17.4 Å². The number of hydrogen-bond donors (Lipinski definition) is 1. The van der Waals surface area contributed by atoms with Gasteiger partial charge in [0.2, 0.25) is 5.91 Å². The zero-order valence-electron chi connectivity index (χ0n) is 27.4. The maximum Gasteiger partial charge on any atom is 0.530 e. The van der Waals surface area contributed by atoms with Crippen molar-refractivity contribution in [3.8, 4) is 5.75 Å². The fourth-order valence-electron chi connectivity index (χ4n) is 5.86. The molecule has 4 aromatic carbocycles. The molecule has 1 saturated carbocycles. The fraction of sp³-hybridized carbons (Fsp3) is 0.333. The molecule has 5 rings (SSSR count). The van der Waals surface area contributed by atoms with E-state index in [0.29, 0.717) is 5.92 Å². The Balaban J connectivity index is 1.19. The third kappa shape index (κ3) is 11.5. The Morgan fingerprint density at radius 3 is 1.90 bits per heavy atom. The summed E-state index contributed by atoms with van der Waals surface area (Å²) in [5.74, 6) is 0.137. The standard InChI is InChI=1S/C39H44NO7P/c1-30(41)40-38(39(42)44-27-36-19-11-18-35(25-36)24-31-12-5-2-6-13-31)26-32-20-22-37(23-21-32)47-48(43,45-28-33-14-7-3-8-15-33)46-29-34-16-9-4-10-17-34/h3-4,7-11,14-23,25,31,38H,2,5-6,12-13,24,26-29H2,1H3,(H,40,41)/t38-/m0/s1. The Morgan fingerprint density at radius 2 is 1.29 bits per heavy atom. The van der Waals surface area contributed by atoms with Gasteiger partial charge in [-0.3, -0.25) is 13.8 Å². The Labute approximate surface area is 283 Å². The molecule has 0 bridgehead atoms. The average Bonchev–Trinajstić information content (AvgIpc) is 3.11. The fourth-order valence-corrected chi connectivity index (χ4v) is 7.04. The van der Waals surface area contributed by atoms with Crippen LogP contribution in [0.5, 0.6) is 5.75 Å². The monoisotopic (exact) mass is 669 g/mol. The molecule has 0 aliphatic heterocycles. The molecule has 1 atom stereocenters. The van der Waals surface area contributed by atoms with Crippen LogP contribution in [0.15, 0.2) is 109 Å². The third-order valence-electron chi connectivity index (χ3n) is 8.33. The van der Waals surface area contributed by atoms with Crippen LogP contribution in [-0.2, 0) is 60.6 Å². The second-order valence-corrected chi connectivity index (χ2v) is 13.9. The Kier molecular flexibility index (Phi) is 13.0. The van der Waals surface area contributed by atoms with E-state index < -0.39 is 19.8 Å². The normalized spacial score (nSPS) is 14.2. The third-order valence-corrected chi connectivity index (χ3v) is 9.65. The van der Waals surface area contributed by atoms with Gasteiger partial charge in [-0.1, -0.05) is 129 Å². The summed E-state index contributed by atoms with van der Waals surface area (Å²) in [5.41, 5.74) is 4.58. The smallest absolute Gasteiger partial charge is 0.459 e. The van der Waals surface area contributed by atoms with Gasteiger partial charge in [-0.25, -0.2) is 9.36 Å². The predicted octanol–water partition coefficient (Wildman–Crippen LogP) is 8.52. The summed E-state index contributed by atoms with van der Waals surface area (Å²) >= 11 is 0. The number of carbonyl (C=O) groups excluding carboxylic acids is 2. The van der Waals surface area contributed by atoms with Crippen molar-refractivity contribution in [2.24, 2.45) is 5.92 Å². The minimum Gasteiger partial charge on any atom is -0.459 e. The van der Waals surface area contributed by atoms with E-state index in [1.165, 1.54) is 44.6 Å². The van der Waals surface area contributed by atoms with Crippen LogP contribution in [0.25, 0.3) is 0 Å². The van der Waals surface area contributed by atoms with Crippen molar-refractivity contribution >= 4 is 19.7 Å². The summed E-state index contributed by atoms with van der Waals surface area (Å²) in [7, 11) is -4.03. The van der Waals surface area contributed by atoms with Gasteiger partial charge in [0.15, 0.2) is 0 Å². The van der Waals surface area contributed by atoms with Crippen LogP contribution in [0.1, 0.15) is 66.8 Å². The SMILES string of the molecule is CC(=O)N[C@@H](Cc1ccc(OP(=O)(OCc2ccccc2)OCc2ccccc2)cc1)C(=O)OCc1cccc(CC2CCCCC2)c1. The molecule has 1 fully saturated rings. The number of carbonyl (C=O) groups is 2. The first-order valence-corrected chi connectivity index (χ1v) is 18.1. The number of phosphoric ester groups is 1. The highest BCUT2D eigenvalue weighted by atomic mass is 31.2. The molecule has 0 unspecified atom stereocenters. The van der Waals surface area contributed by atoms with Crippen molar-refractivity contribution in [2.45, 2.75) is 77.7 Å². The van der Waals surface area contributed by atoms with Crippen LogP contribution in [-0.4, -0.2) is 17.9 Å². The highest BCUT2D eigenvalue weighted by Gasteiger charge is 2.29. The zero-order chi connectivity index (χ0) is 33.6. The zero-order valence-corrected chi connectivity index (χ0v) is 28.3. The second kappa shape index (κ2) is 17.8. The lowest BCUT2D eigenvalue weighted by Gasteiger charge is -2.21. The van der Waals surface area contributed by atoms with E-state index in [-0.39, 0.29) is 37.9 Å².